The highest BCUT2D eigenvalue weighted by Gasteiger charge is 2.18. The van der Waals surface area contributed by atoms with E-state index in [2.05, 4.69) is 5.32 Å². The van der Waals surface area contributed by atoms with E-state index in [4.69, 9.17) is 5.11 Å². The summed E-state index contributed by atoms with van der Waals surface area (Å²) in [6.07, 6.45) is 0. The molecular weight excluding hydrogens is 251 g/mol. The van der Waals surface area contributed by atoms with Crippen LogP contribution in [0.2, 0.25) is 0 Å². The largest absolute Gasteiger partial charge is 0.481 e. The minimum Gasteiger partial charge on any atom is -0.481 e. The van der Waals surface area contributed by atoms with Gasteiger partial charge in [-0.1, -0.05) is 13.0 Å². The van der Waals surface area contributed by atoms with Crippen LogP contribution in [0.4, 0.5) is 14.9 Å². The molecule has 1 rings (SSSR count). The predicted octanol–water partition coefficient (Wildman–Crippen LogP) is 2.32. The molecule has 1 atom stereocenters. The second kappa shape index (κ2) is 6.17. The fourth-order valence-corrected chi connectivity index (χ4v) is 1.50. The Morgan fingerprint density at radius 3 is 2.63 bits per heavy atom. The van der Waals surface area contributed by atoms with Gasteiger partial charge in [-0.3, -0.25) is 4.79 Å². The minimum absolute atomic E-state index is 0.0502. The lowest BCUT2D eigenvalue weighted by molar-refractivity contribution is -0.141. The van der Waals surface area contributed by atoms with E-state index in [1.807, 2.05) is 0 Å². The summed E-state index contributed by atoms with van der Waals surface area (Å²) in [5, 5.41) is 11.2. The van der Waals surface area contributed by atoms with Crippen molar-refractivity contribution in [1.29, 1.82) is 0 Å². The number of benzene rings is 1. The maximum Gasteiger partial charge on any atom is 0.321 e. The number of carboxylic acid groups (broad SMARTS) is 1. The first-order valence-electron chi connectivity index (χ1n) is 5.82. The lowest BCUT2D eigenvalue weighted by Crippen LogP contribution is -2.36. The van der Waals surface area contributed by atoms with Crippen molar-refractivity contribution >= 4 is 17.7 Å². The monoisotopic (exact) mass is 268 g/mol. The lowest BCUT2D eigenvalue weighted by atomic mass is 10.2. The third-order valence-electron chi connectivity index (χ3n) is 2.68. The van der Waals surface area contributed by atoms with E-state index >= 15 is 0 Å². The van der Waals surface area contributed by atoms with Crippen LogP contribution in [-0.2, 0) is 4.79 Å². The van der Waals surface area contributed by atoms with Gasteiger partial charge in [-0.25, -0.2) is 9.18 Å². The number of carboxylic acids is 1. The maximum absolute atomic E-state index is 13.5. The zero-order chi connectivity index (χ0) is 14.6. The number of amides is 2. The van der Waals surface area contributed by atoms with E-state index < -0.39 is 23.7 Å². The van der Waals surface area contributed by atoms with Crippen LogP contribution >= 0.6 is 0 Å². The predicted molar refractivity (Wildman–Crippen MR) is 69.6 cm³/mol. The smallest absolute Gasteiger partial charge is 0.321 e. The second-order valence-corrected chi connectivity index (χ2v) is 4.53. The van der Waals surface area contributed by atoms with Gasteiger partial charge in [0.25, 0.3) is 0 Å². The number of aliphatic carboxylic acids is 1. The van der Waals surface area contributed by atoms with E-state index in [9.17, 15) is 14.0 Å². The molecule has 0 heterocycles. The van der Waals surface area contributed by atoms with Crippen molar-refractivity contribution in [3.63, 3.8) is 0 Å². The van der Waals surface area contributed by atoms with Crippen molar-refractivity contribution in [3.8, 4) is 0 Å². The molecule has 0 saturated carbocycles. The normalized spacial score (nSPS) is 11.8. The Balaban J connectivity index is 2.66. The summed E-state index contributed by atoms with van der Waals surface area (Å²) in [4.78, 5) is 23.7. The number of nitrogens with one attached hydrogen (secondary N) is 1. The minimum atomic E-state index is -0.985. The number of rotatable bonds is 4. The van der Waals surface area contributed by atoms with Gasteiger partial charge in [0.2, 0.25) is 0 Å². The molecule has 0 aliphatic carbocycles. The van der Waals surface area contributed by atoms with Gasteiger partial charge in [0.05, 0.1) is 11.6 Å². The molecule has 0 aliphatic rings. The molecule has 1 aromatic carbocycles. The SMILES string of the molecule is Cc1ccc(NC(=O)N(C)CC(C)C(=O)O)c(F)c1. The number of anilines is 1. The Kier molecular flexibility index (Phi) is 4.86. The Morgan fingerprint density at radius 1 is 1.47 bits per heavy atom. The first kappa shape index (κ1) is 14.9. The van der Waals surface area contributed by atoms with Crippen LogP contribution < -0.4 is 5.32 Å². The summed E-state index contributed by atoms with van der Waals surface area (Å²) < 4.78 is 13.5. The van der Waals surface area contributed by atoms with Gasteiger partial charge >= 0.3 is 12.0 Å². The molecular formula is C13H17FN2O3. The van der Waals surface area contributed by atoms with Crippen molar-refractivity contribution in [1.82, 2.24) is 4.90 Å². The summed E-state index contributed by atoms with van der Waals surface area (Å²) >= 11 is 0. The number of aryl methyl sites for hydroxylation is 1. The molecule has 0 saturated heterocycles. The van der Waals surface area contributed by atoms with Crippen molar-refractivity contribution in [2.75, 3.05) is 18.9 Å². The van der Waals surface area contributed by atoms with Crippen LogP contribution in [0, 0.1) is 18.7 Å². The van der Waals surface area contributed by atoms with Gasteiger partial charge in [0.1, 0.15) is 5.82 Å². The van der Waals surface area contributed by atoms with Crippen LogP contribution in [0.15, 0.2) is 18.2 Å². The molecule has 5 nitrogen and oxygen atoms in total. The van der Waals surface area contributed by atoms with Crippen molar-refractivity contribution in [3.05, 3.63) is 29.6 Å². The third-order valence-corrected chi connectivity index (χ3v) is 2.68. The fourth-order valence-electron chi connectivity index (χ4n) is 1.50. The Morgan fingerprint density at radius 2 is 2.11 bits per heavy atom. The van der Waals surface area contributed by atoms with Crippen LogP contribution in [0.3, 0.4) is 0 Å². The summed E-state index contributed by atoms with van der Waals surface area (Å²) in [6, 6.07) is 3.92. The quantitative estimate of drug-likeness (QED) is 0.880. The van der Waals surface area contributed by atoms with Crippen LogP contribution in [0.25, 0.3) is 0 Å². The summed E-state index contributed by atoms with van der Waals surface area (Å²) in [5.74, 6) is -2.19. The molecule has 1 unspecified atom stereocenters. The number of nitrogens with zero attached hydrogens (tertiary/aromatic N) is 1. The van der Waals surface area contributed by atoms with Gasteiger partial charge in [0.15, 0.2) is 0 Å². The van der Waals surface area contributed by atoms with E-state index in [1.54, 1.807) is 13.0 Å². The molecule has 0 spiro atoms. The second-order valence-electron chi connectivity index (χ2n) is 4.53. The van der Waals surface area contributed by atoms with E-state index in [0.717, 1.165) is 5.56 Å². The average molecular weight is 268 g/mol. The number of hydrogen-bond acceptors (Lipinski definition) is 2. The number of carbonyl (C=O) groups is 2. The van der Waals surface area contributed by atoms with E-state index in [1.165, 1.54) is 31.0 Å². The molecule has 0 bridgehead atoms. The van der Waals surface area contributed by atoms with Gasteiger partial charge < -0.3 is 15.3 Å². The highest BCUT2D eigenvalue weighted by atomic mass is 19.1. The molecule has 104 valence electrons. The molecule has 0 aliphatic heterocycles. The molecule has 6 heteroatoms. The lowest BCUT2D eigenvalue weighted by Gasteiger charge is -2.20. The molecule has 0 aromatic heterocycles. The zero-order valence-corrected chi connectivity index (χ0v) is 11.1. The van der Waals surface area contributed by atoms with E-state index in [-0.39, 0.29) is 12.2 Å². The molecule has 19 heavy (non-hydrogen) atoms. The summed E-state index contributed by atoms with van der Waals surface area (Å²) in [5.41, 5.74) is 0.828. The standard InChI is InChI=1S/C13H17FN2O3/c1-8-4-5-11(10(14)6-8)15-13(19)16(3)7-9(2)12(17)18/h4-6,9H,7H2,1-3H3,(H,15,19)(H,17,18). The highest BCUT2D eigenvalue weighted by Crippen LogP contribution is 2.15. The molecule has 0 fully saturated rings. The molecule has 0 radical (unpaired) electrons. The highest BCUT2D eigenvalue weighted by molar-refractivity contribution is 5.89. The Labute approximate surface area is 111 Å². The van der Waals surface area contributed by atoms with Crippen LogP contribution in [0.5, 0.6) is 0 Å². The van der Waals surface area contributed by atoms with Gasteiger partial charge in [-0.2, -0.15) is 0 Å². The number of hydrogen-bond donors (Lipinski definition) is 2. The van der Waals surface area contributed by atoms with Crippen molar-refractivity contribution < 1.29 is 19.1 Å². The summed E-state index contributed by atoms with van der Waals surface area (Å²) in [6.45, 7) is 3.29. The molecule has 2 amide bonds. The number of halogens is 1. The Hall–Kier alpha value is -2.11. The van der Waals surface area contributed by atoms with E-state index in [0.29, 0.717) is 0 Å². The Bertz CT molecular complexity index is 491. The zero-order valence-electron chi connectivity index (χ0n) is 11.1. The summed E-state index contributed by atoms with van der Waals surface area (Å²) in [7, 11) is 1.46. The van der Waals surface area contributed by atoms with Crippen molar-refractivity contribution in [2.45, 2.75) is 13.8 Å². The molecule has 1 aromatic rings. The molecule has 2 N–H and O–H groups in total. The van der Waals surface area contributed by atoms with Gasteiger partial charge in [-0.05, 0) is 24.6 Å². The van der Waals surface area contributed by atoms with Crippen LogP contribution in [-0.4, -0.2) is 35.6 Å². The fraction of sp³-hybridized carbons (Fsp3) is 0.385. The van der Waals surface area contributed by atoms with Crippen LogP contribution in [0.1, 0.15) is 12.5 Å². The first-order valence-corrected chi connectivity index (χ1v) is 5.82. The average Bonchev–Trinajstić information content (AvgIpc) is 2.32. The number of urea groups is 1. The topological polar surface area (TPSA) is 69.6 Å². The van der Waals surface area contributed by atoms with Gasteiger partial charge in [0, 0.05) is 13.6 Å². The maximum atomic E-state index is 13.5. The van der Waals surface area contributed by atoms with Gasteiger partial charge in [-0.15, -0.1) is 0 Å². The first-order chi connectivity index (χ1) is 8.81. The third kappa shape index (κ3) is 4.24. The number of carbonyl (C=O) groups excluding carboxylic acids is 1. The van der Waals surface area contributed by atoms with Crippen molar-refractivity contribution in [2.24, 2.45) is 5.92 Å².